The Morgan fingerprint density at radius 1 is 1.30 bits per heavy atom. The van der Waals surface area contributed by atoms with Crippen molar-refractivity contribution in [3.8, 4) is 5.69 Å². The molecular formula is C20H22N6O3S. The summed E-state index contributed by atoms with van der Waals surface area (Å²) >= 11 is 1.69. The van der Waals surface area contributed by atoms with Crippen molar-refractivity contribution in [1.82, 2.24) is 25.2 Å². The molecule has 2 aromatic heterocycles. The van der Waals surface area contributed by atoms with Crippen LogP contribution in [0.3, 0.4) is 0 Å². The number of benzene rings is 1. The quantitative estimate of drug-likeness (QED) is 0.460. The fraction of sp³-hybridized carbons (Fsp3) is 0.350. The third-order valence-electron chi connectivity index (χ3n) is 5.30. The summed E-state index contributed by atoms with van der Waals surface area (Å²) < 4.78 is 1.44. The summed E-state index contributed by atoms with van der Waals surface area (Å²) in [4.78, 5) is 27.0. The van der Waals surface area contributed by atoms with Crippen LogP contribution in [0.5, 0.6) is 0 Å². The number of nitro groups is 1. The molecule has 1 N–H and O–H groups in total. The number of aromatic nitrogens is 3. The molecule has 0 spiro atoms. The number of hydrogen-bond acceptors (Lipinski definition) is 7. The van der Waals surface area contributed by atoms with Gasteiger partial charge in [-0.15, -0.1) is 16.4 Å². The third kappa shape index (κ3) is 4.10. The Bertz CT molecular complexity index is 1040. The van der Waals surface area contributed by atoms with Crippen LogP contribution in [-0.2, 0) is 0 Å². The lowest BCUT2D eigenvalue weighted by Crippen LogP contribution is -2.36. The van der Waals surface area contributed by atoms with Gasteiger partial charge in [-0.3, -0.25) is 19.8 Å². The summed E-state index contributed by atoms with van der Waals surface area (Å²) in [5.74, 6) is -0.301. The highest BCUT2D eigenvalue weighted by atomic mass is 32.1. The van der Waals surface area contributed by atoms with E-state index in [9.17, 15) is 14.9 Å². The van der Waals surface area contributed by atoms with Crippen LogP contribution < -0.4 is 5.32 Å². The van der Waals surface area contributed by atoms with Gasteiger partial charge in [-0.2, -0.15) is 0 Å². The van der Waals surface area contributed by atoms with E-state index in [0.717, 1.165) is 13.1 Å². The van der Waals surface area contributed by atoms with Crippen molar-refractivity contribution in [1.29, 1.82) is 0 Å². The first-order chi connectivity index (χ1) is 14.5. The van der Waals surface area contributed by atoms with E-state index in [1.165, 1.54) is 34.5 Å². The van der Waals surface area contributed by atoms with Gasteiger partial charge >= 0.3 is 0 Å². The van der Waals surface area contributed by atoms with E-state index in [1.807, 2.05) is 6.07 Å². The van der Waals surface area contributed by atoms with Crippen LogP contribution in [0.2, 0.25) is 0 Å². The van der Waals surface area contributed by atoms with Gasteiger partial charge in [0.2, 0.25) is 0 Å². The number of nitrogens with zero attached hydrogens (tertiary/aromatic N) is 5. The number of rotatable bonds is 7. The lowest BCUT2D eigenvalue weighted by Gasteiger charge is -2.26. The van der Waals surface area contributed by atoms with Crippen molar-refractivity contribution in [3.63, 3.8) is 0 Å². The average molecular weight is 427 g/mol. The zero-order valence-corrected chi connectivity index (χ0v) is 17.3. The van der Waals surface area contributed by atoms with Crippen molar-refractivity contribution >= 4 is 22.9 Å². The van der Waals surface area contributed by atoms with Crippen LogP contribution in [0.25, 0.3) is 5.69 Å². The standard InChI is InChI=1S/C20H22N6O3S/c1-14-19(22-23-25(14)15-6-4-7-16(12-15)26(28)29)20(27)21-13-17(18-8-5-11-30-18)24-9-2-3-10-24/h4-8,11-12,17H,2-3,9-10,13H2,1H3,(H,21,27). The number of carbonyl (C=O) groups excluding carboxylic acids is 1. The van der Waals surface area contributed by atoms with E-state index in [-0.39, 0.29) is 23.3 Å². The van der Waals surface area contributed by atoms with E-state index in [2.05, 4.69) is 32.0 Å². The molecule has 1 amide bonds. The van der Waals surface area contributed by atoms with Crippen LogP contribution in [0, 0.1) is 17.0 Å². The fourth-order valence-corrected chi connectivity index (χ4v) is 4.60. The Balaban J connectivity index is 1.50. The molecule has 3 aromatic rings. The van der Waals surface area contributed by atoms with E-state index in [1.54, 1.807) is 30.4 Å². The molecule has 3 heterocycles. The summed E-state index contributed by atoms with van der Waals surface area (Å²) in [5, 5.41) is 24.1. The maximum atomic E-state index is 12.8. The number of likely N-dealkylation sites (tertiary alicyclic amines) is 1. The molecule has 1 aromatic carbocycles. The number of hydrogen-bond donors (Lipinski definition) is 1. The Kier molecular flexibility index (Phi) is 5.86. The van der Waals surface area contributed by atoms with E-state index < -0.39 is 4.92 Å². The first-order valence-corrected chi connectivity index (χ1v) is 10.7. The van der Waals surface area contributed by atoms with E-state index in [0.29, 0.717) is 17.9 Å². The van der Waals surface area contributed by atoms with E-state index in [4.69, 9.17) is 0 Å². The molecule has 1 unspecified atom stereocenters. The summed E-state index contributed by atoms with van der Waals surface area (Å²) in [5.41, 5.74) is 1.19. The fourth-order valence-electron chi connectivity index (χ4n) is 3.74. The number of non-ortho nitro benzene ring substituents is 1. The molecule has 1 aliphatic heterocycles. The SMILES string of the molecule is Cc1c(C(=O)NCC(c2cccs2)N2CCCC2)nnn1-c1cccc([N+](=O)[O-])c1. The first-order valence-electron chi connectivity index (χ1n) is 9.77. The molecule has 30 heavy (non-hydrogen) atoms. The summed E-state index contributed by atoms with van der Waals surface area (Å²) in [6.07, 6.45) is 2.35. The number of nitro benzene ring substituents is 1. The molecule has 9 nitrogen and oxygen atoms in total. The number of nitrogens with one attached hydrogen (secondary N) is 1. The van der Waals surface area contributed by atoms with Crippen LogP contribution in [0.15, 0.2) is 41.8 Å². The highest BCUT2D eigenvalue weighted by Crippen LogP contribution is 2.28. The van der Waals surface area contributed by atoms with Gasteiger partial charge in [0.15, 0.2) is 5.69 Å². The molecule has 1 atom stereocenters. The second-order valence-electron chi connectivity index (χ2n) is 7.20. The van der Waals surface area contributed by atoms with Gasteiger partial charge in [0.05, 0.1) is 22.3 Å². The maximum Gasteiger partial charge on any atom is 0.273 e. The van der Waals surface area contributed by atoms with Crippen molar-refractivity contribution in [2.75, 3.05) is 19.6 Å². The zero-order valence-electron chi connectivity index (χ0n) is 16.5. The minimum Gasteiger partial charge on any atom is -0.349 e. The Hall–Kier alpha value is -3.11. The zero-order chi connectivity index (χ0) is 21.1. The smallest absolute Gasteiger partial charge is 0.273 e. The molecule has 1 fully saturated rings. The molecule has 0 bridgehead atoms. The summed E-state index contributed by atoms with van der Waals surface area (Å²) in [7, 11) is 0. The molecular weight excluding hydrogens is 404 g/mol. The molecule has 156 valence electrons. The summed E-state index contributed by atoms with van der Waals surface area (Å²) in [6, 6.07) is 10.4. The van der Waals surface area contributed by atoms with Crippen molar-refractivity contribution in [3.05, 3.63) is 68.2 Å². The Labute approximate surface area is 177 Å². The first kappa shape index (κ1) is 20.2. The lowest BCUT2D eigenvalue weighted by atomic mass is 10.2. The minimum atomic E-state index is -0.466. The molecule has 1 aliphatic rings. The lowest BCUT2D eigenvalue weighted by molar-refractivity contribution is -0.384. The minimum absolute atomic E-state index is 0.0437. The largest absolute Gasteiger partial charge is 0.349 e. The Morgan fingerprint density at radius 3 is 2.80 bits per heavy atom. The van der Waals surface area contributed by atoms with Gasteiger partial charge in [0.25, 0.3) is 11.6 Å². The van der Waals surface area contributed by atoms with Crippen LogP contribution in [-0.4, -0.2) is 50.4 Å². The molecule has 10 heteroatoms. The third-order valence-corrected chi connectivity index (χ3v) is 6.28. The number of thiophene rings is 1. The van der Waals surface area contributed by atoms with Crippen molar-refractivity contribution in [2.45, 2.75) is 25.8 Å². The van der Waals surface area contributed by atoms with Gasteiger partial charge in [0.1, 0.15) is 0 Å². The number of carbonyl (C=O) groups is 1. The second kappa shape index (κ2) is 8.72. The average Bonchev–Trinajstić information content (AvgIpc) is 3.51. The van der Waals surface area contributed by atoms with Gasteiger partial charge in [-0.1, -0.05) is 17.3 Å². The second-order valence-corrected chi connectivity index (χ2v) is 8.18. The summed E-state index contributed by atoms with van der Waals surface area (Å²) in [6.45, 7) is 4.27. The van der Waals surface area contributed by atoms with Crippen LogP contribution in [0.4, 0.5) is 5.69 Å². The molecule has 0 saturated carbocycles. The normalized spacial score (nSPS) is 15.2. The van der Waals surface area contributed by atoms with Crippen LogP contribution >= 0.6 is 11.3 Å². The van der Waals surface area contributed by atoms with Gasteiger partial charge in [-0.05, 0) is 50.4 Å². The molecule has 4 rings (SSSR count). The van der Waals surface area contributed by atoms with Crippen molar-refractivity contribution in [2.24, 2.45) is 0 Å². The van der Waals surface area contributed by atoms with Crippen LogP contribution in [0.1, 0.15) is 39.9 Å². The molecule has 1 saturated heterocycles. The highest BCUT2D eigenvalue weighted by molar-refractivity contribution is 7.10. The number of amides is 1. The predicted octanol–water partition coefficient (Wildman–Crippen LogP) is 3.11. The topological polar surface area (TPSA) is 106 Å². The molecule has 0 radical (unpaired) electrons. The highest BCUT2D eigenvalue weighted by Gasteiger charge is 2.26. The predicted molar refractivity (Wildman–Crippen MR) is 113 cm³/mol. The molecule has 0 aliphatic carbocycles. The monoisotopic (exact) mass is 426 g/mol. The van der Waals surface area contributed by atoms with Gasteiger partial charge in [-0.25, -0.2) is 4.68 Å². The van der Waals surface area contributed by atoms with Crippen molar-refractivity contribution < 1.29 is 9.72 Å². The van der Waals surface area contributed by atoms with E-state index >= 15 is 0 Å². The van der Waals surface area contributed by atoms with Gasteiger partial charge in [0, 0.05) is 23.6 Å². The maximum absolute atomic E-state index is 12.8. The Morgan fingerprint density at radius 2 is 2.10 bits per heavy atom. The van der Waals surface area contributed by atoms with Gasteiger partial charge < -0.3 is 5.32 Å².